The third-order valence-electron chi connectivity index (χ3n) is 3.26. The molecular weight excluding hydrogens is 300 g/mol. The molecule has 0 spiro atoms. The monoisotopic (exact) mass is 318 g/mol. The van der Waals surface area contributed by atoms with Crippen molar-refractivity contribution in [3.05, 3.63) is 30.0 Å². The van der Waals surface area contributed by atoms with Crippen LogP contribution in [0.2, 0.25) is 0 Å². The van der Waals surface area contributed by atoms with Crippen LogP contribution in [-0.4, -0.2) is 37.2 Å². The minimum Gasteiger partial charge on any atom is -0.497 e. The number of pyridine rings is 1. The summed E-state index contributed by atoms with van der Waals surface area (Å²) in [6, 6.07) is 5.43. The molecule has 5 nitrogen and oxygen atoms in total. The Morgan fingerprint density at radius 1 is 1.41 bits per heavy atom. The van der Waals surface area contributed by atoms with Crippen LogP contribution in [0.15, 0.2) is 29.3 Å². The second kappa shape index (κ2) is 6.24. The van der Waals surface area contributed by atoms with E-state index >= 15 is 0 Å². The van der Waals surface area contributed by atoms with E-state index in [1.54, 1.807) is 20.1 Å². The van der Waals surface area contributed by atoms with Gasteiger partial charge in [0, 0.05) is 16.5 Å². The summed E-state index contributed by atoms with van der Waals surface area (Å²) in [6.07, 6.45) is 5.20. The highest BCUT2D eigenvalue weighted by Gasteiger charge is 2.26. The van der Waals surface area contributed by atoms with Gasteiger partial charge in [0.1, 0.15) is 11.2 Å². The molecule has 1 aromatic heterocycles. The van der Waals surface area contributed by atoms with Gasteiger partial charge in [0.05, 0.1) is 24.8 Å². The van der Waals surface area contributed by atoms with Crippen LogP contribution < -0.4 is 4.74 Å². The number of nitrogens with zero attached hydrogens (tertiary/aromatic N) is 2. The number of fused-ring (bicyclic) bond motifs is 1. The Balaban J connectivity index is 2.83. The number of esters is 1. The number of benzene rings is 1. The van der Waals surface area contributed by atoms with Crippen molar-refractivity contribution in [2.45, 2.75) is 11.8 Å². The smallest absolute Gasteiger partial charge is 0.340 e. The van der Waals surface area contributed by atoms with Gasteiger partial charge in [-0.2, -0.15) is 5.26 Å². The number of rotatable bonds is 4. The molecule has 6 heteroatoms. The van der Waals surface area contributed by atoms with Gasteiger partial charge in [0.25, 0.3) is 0 Å². The Morgan fingerprint density at radius 3 is 2.73 bits per heavy atom. The van der Waals surface area contributed by atoms with E-state index in [0.29, 0.717) is 16.2 Å². The predicted octanol–water partition coefficient (Wildman–Crippen LogP) is 3.32. The van der Waals surface area contributed by atoms with E-state index in [0.717, 1.165) is 10.9 Å². The lowest BCUT2D eigenvalue weighted by molar-refractivity contribution is 0.0522. The molecule has 0 amide bonds. The summed E-state index contributed by atoms with van der Waals surface area (Å²) in [4.78, 5) is 17.2. The molecule has 2 rings (SSSR count). The number of carbonyl (C=O) groups is 1. The zero-order chi connectivity index (χ0) is 16.3. The van der Waals surface area contributed by atoms with Gasteiger partial charge in [-0.15, -0.1) is 10.0 Å². The van der Waals surface area contributed by atoms with Crippen molar-refractivity contribution >= 4 is 26.9 Å². The van der Waals surface area contributed by atoms with Gasteiger partial charge >= 0.3 is 5.97 Å². The largest absolute Gasteiger partial charge is 0.497 e. The summed E-state index contributed by atoms with van der Waals surface area (Å²) in [5.74, 6) is 0.204. The normalized spacial score (nSPS) is 11.8. The standard InChI is InChI=1S/C16H18N2O3S/c1-5-21-16(19)13-9-18-14-7-6-11(20-2)8-12(14)15(13)22(3,4)10-17/h6-9H,5H2,1-4H3. The number of hydrogen-bond donors (Lipinski definition) is 0. The number of carbonyl (C=O) groups excluding carboxylic acids is 1. The molecule has 2 aromatic rings. The van der Waals surface area contributed by atoms with Crippen molar-refractivity contribution in [3.8, 4) is 11.2 Å². The first kappa shape index (κ1) is 16.1. The summed E-state index contributed by atoms with van der Waals surface area (Å²) in [5.41, 5.74) is 1.07. The number of hydrogen-bond acceptors (Lipinski definition) is 5. The van der Waals surface area contributed by atoms with Crippen LogP contribution in [0.25, 0.3) is 10.9 Å². The van der Waals surface area contributed by atoms with Crippen molar-refractivity contribution in [3.63, 3.8) is 0 Å². The highest BCUT2D eigenvalue weighted by Crippen LogP contribution is 2.52. The Bertz CT molecular complexity index is 766. The minimum atomic E-state index is -1.83. The van der Waals surface area contributed by atoms with Crippen LogP contribution in [0.4, 0.5) is 0 Å². The maximum atomic E-state index is 12.2. The Kier molecular flexibility index (Phi) is 4.57. The SMILES string of the molecule is CCOC(=O)c1cnc2ccc(OC)cc2c1S(C)(C)C#N. The first-order valence-electron chi connectivity index (χ1n) is 6.72. The first-order valence-corrected chi connectivity index (χ1v) is 9.17. The Labute approximate surface area is 131 Å². The van der Waals surface area contributed by atoms with Gasteiger partial charge in [-0.25, -0.2) is 4.79 Å². The lowest BCUT2D eigenvalue weighted by Gasteiger charge is -2.26. The molecule has 1 heterocycles. The summed E-state index contributed by atoms with van der Waals surface area (Å²) in [7, 11) is -0.259. The van der Waals surface area contributed by atoms with Crippen molar-refractivity contribution in [2.75, 3.05) is 26.2 Å². The molecule has 0 N–H and O–H groups in total. The van der Waals surface area contributed by atoms with Crippen molar-refractivity contribution in [1.82, 2.24) is 4.98 Å². The van der Waals surface area contributed by atoms with Gasteiger partial charge < -0.3 is 9.47 Å². The predicted molar refractivity (Wildman–Crippen MR) is 87.6 cm³/mol. The summed E-state index contributed by atoms with van der Waals surface area (Å²) >= 11 is 0. The lowest BCUT2D eigenvalue weighted by Crippen LogP contribution is -2.11. The van der Waals surface area contributed by atoms with Gasteiger partial charge in [-0.05, 0) is 37.6 Å². The number of aromatic nitrogens is 1. The molecule has 0 atom stereocenters. The molecule has 22 heavy (non-hydrogen) atoms. The fourth-order valence-electron chi connectivity index (χ4n) is 2.22. The number of thiocyanates is 1. The van der Waals surface area contributed by atoms with E-state index in [9.17, 15) is 10.1 Å². The summed E-state index contributed by atoms with van der Waals surface area (Å²) < 4.78 is 10.4. The fraction of sp³-hybridized carbons (Fsp3) is 0.312. The van der Waals surface area contributed by atoms with Crippen LogP contribution >= 0.6 is 10.0 Å². The van der Waals surface area contributed by atoms with Gasteiger partial charge in [0.15, 0.2) is 0 Å². The minimum absolute atomic E-state index is 0.275. The lowest BCUT2D eigenvalue weighted by atomic mass is 10.1. The van der Waals surface area contributed by atoms with Crippen LogP contribution in [-0.2, 0) is 4.74 Å². The average Bonchev–Trinajstić information content (AvgIpc) is 2.53. The number of nitriles is 1. The molecule has 0 unspecified atom stereocenters. The molecule has 0 saturated carbocycles. The van der Waals surface area contributed by atoms with E-state index in [4.69, 9.17) is 9.47 Å². The van der Waals surface area contributed by atoms with E-state index in [1.807, 2.05) is 24.6 Å². The van der Waals surface area contributed by atoms with Crippen LogP contribution in [0.1, 0.15) is 17.3 Å². The van der Waals surface area contributed by atoms with Crippen LogP contribution in [0, 0.1) is 10.7 Å². The molecule has 0 saturated heterocycles. The van der Waals surface area contributed by atoms with Crippen molar-refractivity contribution in [2.24, 2.45) is 0 Å². The second-order valence-electron chi connectivity index (χ2n) is 5.02. The highest BCUT2D eigenvalue weighted by atomic mass is 32.3. The number of ether oxygens (including phenoxy) is 2. The molecule has 0 aliphatic carbocycles. The van der Waals surface area contributed by atoms with Crippen molar-refractivity contribution < 1.29 is 14.3 Å². The van der Waals surface area contributed by atoms with Crippen molar-refractivity contribution in [1.29, 1.82) is 5.26 Å². The van der Waals surface area contributed by atoms with Gasteiger partial charge in [-0.3, -0.25) is 4.98 Å². The van der Waals surface area contributed by atoms with E-state index in [-0.39, 0.29) is 6.61 Å². The summed E-state index contributed by atoms with van der Waals surface area (Å²) in [6.45, 7) is 2.02. The summed E-state index contributed by atoms with van der Waals surface area (Å²) in [5, 5.41) is 12.6. The quantitative estimate of drug-likeness (QED) is 0.638. The molecule has 0 aliphatic rings. The molecule has 116 valence electrons. The average molecular weight is 318 g/mol. The molecule has 1 aromatic carbocycles. The third kappa shape index (κ3) is 2.85. The topological polar surface area (TPSA) is 72.2 Å². The van der Waals surface area contributed by atoms with E-state index in [2.05, 4.69) is 10.4 Å². The fourth-order valence-corrected chi connectivity index (χ4v) is 3.71. The van der Waals surface area contributed by atoms with Gasteiger partial charge in [-0.1, -0.05) is 0 Å². The second-order valence-corrected chi connectivity index (χ2v) is 8.27. The van der Waals surface area contributed by atoms with Gasteiger partial charge in [0.2, 0.25) is 0 Å². The van der Waals surface area contributed by atoms with Crippen LogP contribution in [0.3, 0.4) is 0 Å². The molecule has 0 aliphatic heterocycles. The maximum absolute atomic E-state index is 12.2. The Morgan fingerprint density at radius 2 is 2.14 bits per heavy atom. The van der Waals surface area contributed by atoms with E-state index < -0.39 is 16.0 Å². The molecular formula is C16H18N2O3S. The Hall–Kier alpha value is -2.26. The zero-order valence-electron chi connectivity index (χ0n) is 13.0. The first-order chi connectivity index (χ1) is 10.4. The van der Waals surface area contributed by atoms with E-state index in [1.165, 1.54) is 6.20 Å². The highest BCUT2D eigenvalue weighted by molar-refractivity contribution is 8.36. The molecule has 0 radical (unpaired) electrons. The third-order valence-corrected chi connectivity index (χ3v) is 5.18. The van der Waals surface area contributed by atoms with Crippen LogP contribution in [0.5, 0.6) is 5.75 Å². The number of methoxy groups -OCH3 is 1. The molecule has 0 bridgehead atoms. The maximum Gasteiger partial charge on any atom is 0.340 e. The zero-order valence-corrected chi connectivity index (χ0v) is 13.9. The molecule has 0 fully saturated rings.